The normalized spacial score (nSPS) is 20.6. The van der Waals surface area contributed by atoms with Crippen LogP contribution in [-0.4, -0.2) is 31.3 Å². The molecule has 2 heterocycles. The summed E-state index contributed by atoms with van der Waals surface area (Å²) in [7, 11) is -4.66. The average molecular weight is 348 g/mol. The molecule has 0 aromatic carbocycles. The van der Waals surface area contributed by atoms with Crippen LogP contribution in [0.3, 0.4) is 0 Å². The number of nitrogens with one attached hydrogen (secondary N) is 4. The molecule has 2 amide bonds. The maximum atomic E-state index is 12.1. The number of furan rings is 1. The highest BCUT2D eigenvalue weighted by Gasteiger charge is 2.35. The second kappa shape index (κ2) is 7.06. The molecule has 0 saturated carbocycles. The van der Waals surface area contributed by atoms with Gasteiger partial charge in [-0.15, -0.1) is 0 Å². The molecule has 0 spiro atoms. The van der Waals surface area contributed by atoms with Crippen molar-refractivity contribution in [3.63, 3.8) is 0 Å². The molecular formula is C11H16N4O7S. The Morgan fingerprint density at radius 2 is 2.22 bits per heavy atom. The fourth-order valence-electron chi connectivity index (χ4n) is 2.02. The monoisotopic (exact) mass is 348 g/mol. The van der Waals surface area contributed by atoms with Crippen LogP contribution >= 0.6 is 0 Å². The molecule has 5 N–H and O–H groups in total. The molecule has 2 rings (SSSR count). The van der Waals surface area contributed by atoms with Gasteiger partial charge in [0, 0.05) is 18.5 Å². The summed E-state index contributed by atoms with van der Waals surface area (Å²) in [4.78, 5) is 23.2. The molecule has 128 valence electrons. The van der Waals surface area contributed by atoms with Gasteiger partial charge in [-0.05, 0) is 6.07 Å². The minimum absolute atomic E-state index is 0.113. The van der Waals surface area contributed by atoms with Crippen LogP contribution in [-0.2, 0) is 24.3 Å². The highest BCUT2D eigenvalue weighted by Crippen LogP contribution is 2.29. The molecule has 2 atom stereocenters. The van der Waals surface area contributed by atoms with Gasteiger partial charge in [-0.1, -0.05) is 6.92 Å². The van der Waals surface area contributed by atoms with Gasteiger partial charge in [-0.25, -0.2) is 0 Å². The van der Waals surface area contributed by atoms with Gasteiger partial charge in [-0.2, -0.15) is 18.2 Å². The van der Waals surface area contributed by atoms with Gasteiger partial charge in [0.15, 0.2) is 0 Å². The van der Waals surface area contributed by atoms with E-state index in [1.807, 2.05) is 0 Å². The highest BCUT2D eigenvalue weighted by molar-refractivity contribution is 7.80. The number of carbonyl (C=O) groups excluding carboxylic acids is 2. The Hall–Kier alpha value is -1.99. The number of fused-ring (bicyclic) bond motifs is 1. The Balaban J connectivity index is 2.05. The molecule has 23 heavy (non-hydrogen) atoms. The van der Waals surface area contributed by atoms with Gasteiger partial charge in [0.05, 0.1) is 12.3 Å². The van der Waals surface area contributed by atoms with E-state index in [0.717, 1.165) is 0 Å². The van der Waals surface area contributed by atoms with E-state index in [1.165, 1.54) is 12.3 Å². The van der Waals surface area contributed by atoms with E-state index < -0.39 is 28.4 Å². The van der Waals surface area contributed by atoms with Crippen molar-refractivity contribution in [1.29, 1.82) is 0 Å². The number of hydrogen-bond acceptors (Lipinski definition) is 8. The van der Waals surface area contributed by atoms with Gasteiger partial charge >= 0.3 is 10.4 Å². The number of amides is 2. The predicted octanol–water partition coefficient (Wildman–Crippen LogP) is -1.15. The van der Waals surface area contributed by atoms with Crippen LogP contribution in [0.2, 0.25) is 0 Å². The fraction of sp³-hybridized carbons (Fsp3) is 0.455. The number of rotatable bonds is 5. The maximum absolute atomic E-state index is 12.1. The van der Waals surface area contributed by atoms with E-state index in [1.54, 1.807) is 6.92 Å². The van der Waals surface area contributed by atoms with E-state index >= 15 is 0 Å². The van der Waals surface area contributed by atoms with Crippen LogP contribution in [0.5, 0.6) is 0 Å². The Kier molecular flexibility index (Phi) is 5.33. The van der Waals surface area contributed by atoms with Crippen LogP contribution in [0.1, 0.15) is 36.8 Å². The van der Waals surface area contributed by atoms with E-state index in [0.29, 0.717) is 5.56 Å². The van der Waals surface area contributed by atoms with Crippen LogP contribution in [0.4, 0.5) is 0 Å². The summed E-state index contributed by atoms with van der Waals surface area (Å²) in [5.41, 5.74) is 7.13. The summed E-state index contributed by atoms with van der Waals surface area (Å²) in [5.74, 6) is -0.664. The smallest absolute Gasteiger partial charge is 0.413 e. The molecule has 1 aliphatic rings. The van der Waals surface area contributed by atoms with Gasteiger partial charge in [0.2, 0.25) is 5.91 Å². The summed E-state index contributed by atoms with van der Waals surface area (Å²) in [6.07, 6.45) is 1.54. The molecule has 0 aliphatic carbocycles. The molecule has 0 fully saturated rings. The lowest BCUT2D eigenvalue weighted by Crippen LogP contribution is -2.50. The first-order chi connectivity index (χ1) is 10.8. The van der Waals surface area contributed by atoms with Crippen LogP contribution in [0.15, 0.2) is 16.7 Å². The molecule has 1 aliphatic heterocycles. The number of hydrazine groups is 1. The predicted molar refractivity (Wildman–Crippen MR) is 74.5 cm³/mol. The summed E-state index contributed by atoms with van der Waals surface area (Å²) < 4.78 is 39.1. The molecule has 0 unspecified atom stereocenters. The van der Waals surface area contributed by atoms with Crippen LogP contribution in [0.25, 0.3) is 0 Å². The van der Waals surface area contributed by atoms with Crippen molar-refractivity contribution in [1.82, 2.24) is 21.6 Å². The second-order valence-electron chi connectivity index (χ2n) is 4.65. The quantitative estimate of drug-likeness (QED) is 0.327. The Morgan fingerprint density at radius 3 is 2.87 bits per heavy atom. The average Bonchev–Trinajstić information content (AvgIpc) is 2.98. The minimum Gasteiger partial charge on any atom is -0.467 e. The van der Waals surface area contributed by atoms with Crippen molar-refractivity contribution < 1.29 is 31.3 Å². The molecular weight excluding hydrogens is 332 g/mol. The van der Waals surface area contributed by atoms with E-state index in [4.69, 9.17) is 8.97 Å². The Labute approximate surface area is 131 Å². The zero-order valence-electron chi connectivity index (χ0n) is 12.0. The zero-order valence-corrected chi connectivity index (χ0v) is 12.8. The van der Waals surface area contributed by atoms with Crippen molar-refractivity contribution in [3.05, 3.63) is 23.7 Å². The third kappa shape index (κ3) is 4.49. The molecule has 0 radical (unpaired) electrons. The van der Waals surface area contributed by atoms with Crippen molar-refractivity contribution >= 4 is 22.2 Å². The van der Waals surface area contributed by atoms with Crippen LogP contribution < -0.4 is 21.6 Å². The molecule has 12 heteroatoms. The van der Waals surface area contributed by atoms with Gasteiger partial charge in [0.1, 0.15) is 11.8 Å². The maximum Gasteiger partial charge on any atom is 0.413 e. The van der Waals surface area contributed by atoms with Gasteiger partial charge < -0.3 is 4.42 Å². The van der Waals surface area contributed by atoms with Gasteiger partial charge in [0.25, 0.3) is 5.91 Å². The van der Waals surface area contributed by atoms with Crippen molar-refractivity contribution in [3.8, 4) is 0 Å². The summed E-state index contributed by atoms with van der Waals surface area (Å²) in [6.45, 7) is 1.75. The lowest BCUT2D eigenvalue weighted by molar-refractivity contribution is -0.130. The first kappa shape index (κ1) is 17.4. The van der Waals surface area contributed by atoms with E-state index in [9.17, 15) is 18.0 Å². The first-order valence-corrected chi connectivity index (χ1v) is 7.99. The zero-order chi connectivity index (χ0) is 17.0. The lowest BCUT2D eigenvalue weighted by atomic mass is 9.99. The van der Waals surface area contributed by atoms with E-state index in [2.05, 4.69) is 25.9 Å². The van der Waals surface area contributed by atoms with Crippen molar-refractivity contribution in [2.75, 3.05) is 6.54 Å². The minimum atomic E-state index is -4.66. The third-order valence-electron chi connectivity index (χ3n) is 3.09. The molecule has 0 saturated heterocycles. The number of hydroxylamine groups is 1. The molecule has 0 bridgehead atoms. The van der Waals surface area contributed by atoms with Crippen molar-refractivity contribution in [2.45, 2.75) is 25.4 Å². The Morgan fingerprint density at radius 1 is 1.48 bits per heavy atom. The molecule has 1 aromatic rings. The lowest BCUT2D eigenvalue weighted by Gasteiger charge is -2.28. The third-order valence-corrected chi connectivity index (χ3v) is 3.40. The fourth-order valence-corrected chi connectivity index (χ4v) is 2.26. The highest BCUT2D eigenvalue weighted by atomic mass is 32.3. The summed E-state index contributed by atoms with van der Waals surface area (Å²) in [5, 5.41) is 2.81. The number of carbonyl (C=O) groups is 2. The SMILES string of the molecule is CCC(=O)NNC(=O)[C@H]1NC[C@H](NOS(=O)(=O)O)c2ccoc21. The molecule has 11 nitrogen and oxygen atoms in total. The summed E-state index contributed by atoms with van der Waals surface area (Å²) >= 11 is 0. The standard InChI is InChI=1S/C11H16N4O7S/c1-2-8(16)13-14-11(17)9-10-6(3-4-21-10)7(5-12-9)15-22-23(18,19)20/h3-4,7,9,12,15H,2,5H2,1H3,(H,13,16)(H,14,17)(H,18,19,20)/t7-,9-/m0/s1. The van der Waals surface area contributed by atoms with Gasteiger partial charge in [-0.3, -0.25) is 30.3 Å². The Bertz CT molecular complexity index is 686. The molecule has 1 aromatic heterocycles. The van der Waals surface area contributed by atoms with Crippen LogP contribution in [0, 0.1) is 0 Å². The summed E-state index contributed by atoms with van der Waals surface area (Å²) in [6, 6.07) is -0.00701. The second-order valence-corrected chi connectivity index (χ2v) is 5.68. The topological polar surface area (TPSA) is 159 Å². The van der Waals surface area contributed by atoms with Crippen molar-refractivity contribution in [2.24, 2.45) is 0 Å². The largest absolute Gasteiger partial charge is 0.467 e. The number of hydrogen-bond donors (Lipinski definition) is 5. The first-order valence-electron chi connectivity index (χ1n) is 6.62. The van der Waals surface area contributed by atoms with E-state index in [-0.39, 0.29) is 24.6 Å².